The van der Waals surface area contributed by atoms with E-state index in [1.54, 1.807) is 13.8 Å². The number of benzene rings is 1. The third-order valence-corrected chi connectivity index (χ3v) is 2.12. The molecular formula is C12H13FN2O2. The number of carbonyl (C=O) groups excluding carboxylic acids is 1. The zero-order chi connectivity index (χ0) is 13.1. The second kappa shape index (κ2) is 4.83. The van der Waals surface area contributed by atoms with Crippen LogP contribution in [-0.2, 0) is 0 Å². The summed E-state index contributed by atoms with van der Waals surface area (Å²) >= 11 is 0. The molecule has 0 bridgehead atoms. The van der Waals surface area contributed by atoms with Crippen molar-refractivity contribution in [3.8, 4) is 11.8 Å². The fourth-order valence-electron chi connectivity index (χ4n) is 1.18. The lowest BCUT2D eigenvalue weighted by Crippen LogP contribution is -2.42. The van der Waals surface area contributed by atoms with E-state index in [2.05, 4.69) is 5.32 Å². The van der Waals surface area contributed by atoms with Gasteiger partial charge in [0.15, 0.2) is 11.6 Å². The largest absolute Gasteiger partial charge is 0.494 e. The van der Waals surface area contributed by atoms with Crippen molar-refractivity contribution < 1.29 is 13.9 Å². The Morgan fingerprint density at radius 3 is 2.71 bits per heavy atom. The molecule has 0 unspecified atom stereocenters. The molecule has 17 heavy (non-hydrogen) atoms. The normalized spacial score (nSPS) is 10.5. The first-order valence-corrected chi connectivity index (χ1v) is 4.97. The molecule has 0 aromatic heterocycles. The van der Waals surface area contributed by atoms with Crippen molar-refractivity contribution in [1.82, 2.24) is 5.32 Å². The van der Waals surface area contributed by atoms with Crippen LogP contribution in [0, 0.1) is 17.1 Å². The number of rotatable bonds is 3. The zero-order valence-electron chi connectivity index (χ0n) is 9.87. The van der Waals surface area contributed by atoms with Crippen molar-refractivity contribution >= 4 is 5.91 Å². The lowest BCUT2D eigenvalue weighted by Gasteiger charge is -2.17. The second-order valence-electron chi connectivity index (χ2n) is 4.04. The molecule has 0 heterocycles. The highest BCUT2D eigenvalue weighted by atomic mass is 19.1. The molecule has 4 nitrogen and oxygen atoms in total. The minimum atomic E-state index is -0.974. The molecule has 1 amide bonds. The third-order valence-electron chi connectivity index (χ3n) is 2.12. The summed E-state index contributed by atoms with van der Waals surface area (Å²) in [6.45, 7) is 3.15. The lowest BCUT2D eigenvalue weighted by atomic mass is 10.1. The van der Waals surface area contributed by atoms with Crippen LogP contribution in [0.2, 0.25) is 0 Å². The number of methoxy groups -OCH3 is 1. The number of nitrogens with one attached hydrogen (secondary N) is 1. The van der Waals surface area contributed by atoms with Crippen LogP contribution in [0.5, 0.6) is 5.75 Å². The Morgan fingerprint density at radius 2 is 2.18 bits per heavy atom. The number of amides is 1. The average molecular weight is 236 g/mol. The Bertz CT molecular complexity index is 478. The summed E-state index contributed by atoms with van der Waals surface area (Å²) in [5, 5.41) is 11.3. The molecule has 1 aromatic carbocycles. The van der Waals surface area contributed by atoms with Gasteiger partial charge in [0.2, 0.25) is 0 Å². The third kappa shape index (κ3) is 3.18. The molecule has 0 spiro atoms. The Hall–Kier alpha value is -2.09. The second-order valence-corrected chi connectivity index (χ2v) is 4.04. The van der Waals surface area contributed by atoms with E-state index in [0.717, 1.165) is 6.07 Å². The van der Waals surface area contributed by atoms with E-state index in [1.165, 1.54) is 19.2 Å². The van der Waals surface area contributed by atoms with E-state index in [1.807, 2.05) is 6.07 Å². The van der Waals surface area contributed by atoms with Gasteiger partial charge in [-0.1, -0.05) is 0 Å². The minimum absolute atomic E-state index is 0.00702. The smallest absolute Gasteiger partial charge is 0.252 e. The van der Waals surface area contributed by atoms with Crippen molar-refractivity contribution in [3.05, 3.63) is 29.6 Å². The molecule has 1 aromatic rings. The van der Waals surface area contributed by atoms with E-state index in [9.17, 15) is 9.18 Å². The highest BCUT2D eigenvalue weighted by molar-refractivity contribution is 5.95. The number of nitriles is 1. The van der Waals surface area contributed by atoms with Crippen LogP contribution in [0.4, 0.5) is 4.39 Å². The van der Waals surface area contributed by atoms with E-state index >= 15 is 0 Å². The molecular weight excluding hydrogens is 223 g/mol. The van der Waals surface area contributed by atoms with Crippen LogP contribution < -0.4 is 10.1 Å². The maximum atomic E-state index is 13.1. The van der Waals surface area contributed by atoms with Gasteiger partial charge in [-0.15, -0.1) is 0 Å². The van der Waals surface area contributed by atoms with Gasteiger partial charge < -0.3 is 10.1 Å². The highest BCUT2D eigenvalue weighted by Crippen LogP contribution is 2.18. The Balaban J connectivity index is 2.95. The van der Waals surface area contributed by atoms with E-state index in [0.29, 0.717) is 0 Å². The van der Waals surface area contributed by atoms with Gasteiger partial charge in [0.25, 0.3) is 5.91 Å². The SMILES string of the molecule is COc1cc(C(=O)NC(C)(C)C#N)ccc1F. The van der Waals surface area contributed by atoms with Gasteiger partial charge in [-0.25, -0.2) is 4.39 Å². The summed E-state index contributed by atoms with van der Waals surface area (Å²) in [6.07, 6.45) is 0. The molecule has 0 radical (unpaired) electrons. The molecule has 0 aliphatic carbocycles. The van der Waals surface area contributed by atoms with Crippen molar-refractivity contribution in [2.24, 2.45) is 0 Å². The first-order chi connectivity index (χ1) is 7.89. The molecule has 0 aliphatic heterocycles. The molecule has 1 N–H and O–H groups in total. The first kappa shape index (κ1) is 13.0. The minimum Gasteiger partial charge on any atom is -0.494 e. The molecule has 0 saturated carbocycles. The van der Waals surface area contributed by atoms with Crippen LogP contribution in [0.15, 0.2) is 18.2 Å². The predicted molar refractivity (Wildman–Crippen MR) is 60.1 cm³/mol. The quantitative estimate of drug-likeness (QED) is 0.871. The topological polar surface area (TPSA) is 62.1 Å². The number of carbonyl (C=O) groups is 1. The standard InChI is InChI=1S/C12H13FN2O2/c1-12(2,7-14)15-11(16)8-4-5-9(13)10(6-8)17-3/h4-6H,1-3H3,(H,15,16). The van der Waals surface area contributed by atoms with Crippen LogP contribution >= 0.6 is 0 Å². The maximum Gasteiger partial charge on any atom is 0.252 e. The first-order valence-electron chi connectivity index (χ1n) is 4.97. The van der Waals surface area contributed by atoms with E-state index < -0.39 is 17.3 Å². The molecule has 0 fully saturated rings. The van der Waals surface area contributed by atoms with Gasteiger partial charge in [-0.2, -0.15) is 5.26 Å². The Kier molecular flexibility index (Phi) is 3.69. The fourth-order valence-corrected chi connectivity index (χ4v) is 1.18. The number of halogens is 1. The summed E-state index contributed by atoms with van der Waals surface area (Å²) in [7, 11) is 1.32. The van der Waals surface area contributed by atoms with Crippen molar-refractivity contribution in [2.75, 3.05) is 7.11 Å². The monoisotopic (exact) mass is 236 g/mol. The van der Waals surface area contributed by atoms with E-state index in [-0.39, 0.29) is 11.3 Å². The zero-order valence-corrected chi connectivity index (χ0v) is 9.87. The fraction of sp³-hybridized carbons (Fsp3) is 0.333. The van der Waals surface area contributed by atoms with E-state index in [4.69, 9.17) is 10.00 Å². The number of hydrogen-bond donors (Lipinski definition) is 1. The Labute approximate surface area is 99.0 Å². The molecule has 1 rings (SSSR count). The Morgan fingerprint density at radius 1 is 1.53 bits per heavy atom. The van der Waals surface area contributed by atoms with Gasteiger partial charge in [0, 0.05) is 5.56 Å². The van der Waals surface area contributed by atoms with Crippen molar-refractivity contribution in [1.29, 1.82) is 5.26 Å². The van der Waals surface area contributed by atoms with Gasteiger partial charge >= 0.3 is 0 Å². The van der Waals surface area contributed by atoms with Crippen LogP contribution in [0.1, 0.15) is 24.2 Å². The molecule has 5 heteroatoms. The van der Waals surface area contributed by atoms with Crippen LogP contribution in [0.3, 0.4) is 0 Å². The number of ether oxygens (including phenoxy) is 1. The lowest BCUT2D eigenvalue weighted by molar-refractivity contribution is 0.0929. The summed E-state index contributed by atoms with van der Waals surface area (Å²) in [5.74, 6) is -0.995. The van der Waals surface area contributed by atoms with Gasteiger partial charge in [0.05, 0.1) is 13.2 Å². The predicted octanol–water partition coefficient (Wildman–Crippen LogP) is 1.87. The van der Waals surface area contributed by atoms with Gasteiger partial charge in [-0.05, 0) is 32.0 Å². The summed E-state index contributed by atoms with van der Waals surface area (Å²) in [5.41, 5.74) is -0.731. The average Bonchev–Trinajstić information content (AvgIpc) is 2.29. The summed E-state index contributed by atoms with van der Waals surface area (Å²) < 4.78 is 17.9. The van der Waals surface area contributed by atoms with Crippen molar-refractivity contribution in [2.45, 2.75) is 19.4 Å². The molecule has 0 aliphatic rings. The number of nitrogens with zero attached hydrogens (tertiary/aromatic N) is 1. The summed E-state index contributed by atoms with van der Waals surface area (Å²) in [6, 6.07) is 5.71. The molecule has 0 atom stereocenters. The highest BCUT2D eigenvalue weighted by Gasteiger charge is 2.20. The molecule has 0 saturated heterocycles. The van der Waals surface area contributed by atoms with Crippen LogP contribution in [0.25, 0.3) is 0 Å². The summed E-state index contributed by atoms with van der Waals surface area (Å²) in [4.78, 5) is 11.8. The van der Waals surface area contributed by atoms with Crippen molar-refractivity contribution in [3.63, 3.8) is 0 Å². The van der Waals surface area contributed by atoms with Gasteiger partial charge in [0.1, 0.15) is 5.54 Å². The van der Waals surface area contributed by atoms with Gasteiger partial charge in [-0.3, -0.25) is 4.79 Å². The van der Waals surface area contributed by atoms with Crippen LogP contribution in [-0.4, -0.2) is 18.6 Å². The number of hydrogen-bond acceptors (Lipinski definition) is 3. The molecule has 90 valence electrons. The maximum absolute atomic E-state index is 13.1.